The highest BCUT2D eigenvalue weighted by Gasteiger charge is 2.26. The van der Waals surface area contributed by atoms with Crippen molar-refractivity contribution in [2.24, 2.45) is 5.92 Å². The summed E-state index contributed by atoms with van der Waals surface area (Å²) >= 11 is 0. The topological polar surface area (TPSA) is 64.6 Å². The van der Waals surface area contributed by atoms with E-state index >= 15 is 0 Å². The van der Waals surface area contributed by atoms with Gasteiger partial charge in [-0.3, -0.25) is 0 Å². The molecule has 1 amide bonds. The predicted octanol–water partition coefficient (Wildman–Crippen LogP) is 5.61. The fraction of sp³-hybridized carbons (Fsp3) is 0.905. The minimum atomic E-state index is -0.650. The maximum absolute atomic E-state index is 12.2. The van der Waals surface area contributed by atoms with Crippen LogP contribution in [0, 0.1) is 5.92 Å². The molecule has 1 N–H and O–H groups in total. The Balaban J connectivity index is 3.75. The van der Waals surface area contributed by atoms with Gasteiger partial charge in [0.25, 0.3) is 0 Å². The van der Waals surface area contributed by atoms with E-state index in [2.05, 4.69) is 12.2 Å². The summed E-state index contributed by atoms with van der Waals surface area (Å²) in [5, 5.41) is 2.61. The van der Waals surface area contributed by atoms with Crippen molar-refractivity contribution in [3.8, 4) is 0 Å². The maximum Gasteiger partial charge on any atom is 0.407 e. The average molecular weight is 372 g/mol. The summed E-state index contributed by atoms with van der Waals surface area (Å²) in [6.07, 6.45) is 12.6. The third-order valence-corrected chi connectivity index (χ3v) is 4.37. The molecular formula is C21H41NO4. The molecule has 0 aromatic heterocycles. The van der Waals surface area contributed by atoms with Crippen molar-refractivity contribution in [3.63, 3.8) is 0 Å². The number of carbonyl (C=O) groups is 2. The molecule has 5 heteroatoms. The fourth-order valence-corrected chi connectivity index (χ4v) is 2.71. The van der Waals surface area contributed by atoms with Gasteiger partial charge in [-0.2, -0.15) is 0 Å². The Hall–Kier alpha value is -1.26. The summed E-state index contributed by atoms with van der Waals surface area (Å²) in [6.45, 7) is 8.70. The number of esters is 1. The van der Waals surface area contributed by atoms with E-state index in [1.165, 1.54) is 51.4 Å². The van der Waals surface area contributed by atoms with E-state index in [1.54, 1.807) is 0 Å². The molecule has 0 spiro atoms. The van der Waals surface area contributed by atoms with Crippen molar-refractivity contribution in [2.75, 3.05) is 13.2 Å². The number of nitrogens with one attached hydrogen (secondary N) is 1. The third-order valence-electron chi connectivity index (χ3n) is 4.37. The van der Waals surface area contributed by atoms with Crippen LogP contribution in [0.1, 0.15) is 98.3 Å². The molecule has 0 aliphatic heterocycles. The lowest BCUT2D eigenvalue weighted by Gasteiger charge is -2.20. The SMILES string of the molecule is CCCCCCCCCCCCOC(=O)[C@@H](NC(=O)OCCC)C(C)C. The molecule has 5 nitrogen and oxygen atoms in total. The largest absolute Gasteiger partial charge is 0.464 e. The molecule has 0 unspecified atom stereocenters. The number of alkyl carbamates (subject to hydrolysis) is 1. The molecule has 0 aromatic carbocycles. The van der Waals surface area contributed by atoms with Gasteiger partial charge in [0.05, 0.1) is 13.2 Å². The first-order chi connectivity index (χ1) is 12.5. The van der Waals surface area contributed by atoms with Crippen LogP contribution in [0.4, 0.5) is 4.79 Å². The zero-order valence-electron chi connectivity index (χ0n) is 17.5. The molecule has 0 aliphatic carbocycles. The molecule has 0 heterocycles. The van der Waals surface area contributed by atoms with Crippen LogP contribution in [0.25, 0.3) is 0 Å². The molecule has 0 bridgehead atoms. The standard InChI is InChI=1S/C21H41NO4/c1-5-7-8-9-10-11-12-13-14-15-17-25-20(23)19(18(3)4)22-21(24)26-16-6-2/h18-19H,5-17H2,1-4H3,(H,22,24)/t19-/m0/s1. The van der Waals surface area contributed by atoms with E-state index in [1.807, 2.05) is 20.8 Å². The summed E-state index contributed by atoms with van der Waals surface area (Å²) in [4.78, 5) is 23.8. The molecule has 0 radical (unpaired) electrons. The molecule has 0 aliphatic rings. The first-order valence-electron chi connectivity index (χ1n) is 10.6. The van der Waals surface area contributed by atoms with Gasteiger partial charge in [0, 0.05) is 0 Å². The number of amides is 1. The summed E-state index contributed by atoms with van der Waals surface area (Å²) in [5.74, 6) is -0.409. The van der Waals surface area contributed by atoms with Crippen LogP contribution in [0.15, 0.2) is 0 Å². The summed E-state index contributed by atoms with van der Waals surface area (Å²) in [5.41, 5.74) is 0. The van der Waals surface area contributed by atoms with E-state index in [0.717, 1.165) is 19.3 Å². The van der Waals surface area contributed by atoms with Crippen molar-refractivity contribution >= 4 is 12.1 Å². The minimum absolute atomic E-state index is 0.0376. The van der Waals surface area contributed by atoms with Crippen LogP contribution < -0.4 is 5.32 Å². The smallest absolute Gasteiger partial charge is 0.407 e. The Morgan fingerprint density at radius 3 is 1.77 bits per heavy atom. The van der Waals surface area contributed by atoms with Crippen LogP contribution in [-0.2, 0) is 14.3 Å². The van der Waals surface area contributed by atoms with Gasteiger partial charge in [-0.1, -0.05) is 85.5 Å². The first-order valence-corrected chi connectivity index (χ1v) is 10.6. The van der Waals surface area contributed by atoms with Gasteiger partial charge in [0.1, 0.15) is 6.04 Å². The van der Waals surface area contributed by atoms with E-state index in [0.29, 0.717) is 13.2 Å². The molecule has 0 saturated carbocycles. The lowest BCUT2D eigenvalue weighted by atomic mass is 10.1. The van der Waals surface area contributed by atoms with Crippen molar-refractivity contribution in [3.05, 3.63) is 0 Å². The van der Waals surface area contributed by atoms with Crippen molar-refractivity contribution < 1.29 is 19.1 Å². The highest BCUT2D eigenvalue weighted by atomic mass is 16.6. The summed E-state index contributed by atoms with van der Waals surface area (Å²) < 4.78 is 10.3. The van der Waals surface area contributed by atoms with Crippen LogP contribution in [0.2, 0.25) is 0 Å². The van der Waals surface area contributed by atoms with Crippen LogP contribution >= 0.6 is 0 Å². The van der Waals surface area contributed by atoms with Gasteiger partial charge >= 0.3 is 12.1 Å². The second kappa shape index (κ2) is 17.2. The van der Waals surface area contributed by atoms with E-state index < -0.39 is 12.1 Å². The molecule has 0 aromatic rings. The number of hydrogen-bond acceptors (Lipinski definition) is 4. The van der Waals surface area contributed by atoms with Crippen molar-refractivity contribution in [2.45, 2.75) is 104 Å². The van der Waals surface area contributed by atoms with Gasteiger partial charge in [-0.25, -0.2) is 9.59 Å². The van der Waals surface area contributed by atoms with E-state index in [-0.39, 0.29) is 11.9 Å². The van der Waals surface area contributed by atoms with E-state index in [4.69, 9.17) is 9.47 Å². The maximum atomic E-state index is 12.2. The van der Waals surface area contributed by atoms with Crippen LogP contribution in [0.5, 0.6) is 0 Å². The Morgan fingerprint density at radius 2 is 1.27 bits per heavy atom. The van der Waals surface area contributed by atoms with Crippen LogP contribution in [-0.4, -0.2) is 31.3 Å². The van der Waals surface area contributed by atoms with Crippen LogP contribution in [0.3, 0.4) is 0 Å². The van der Waals surface area contributed by atoms with Gasteiger partial charge in [0.15, 0.2) is 0 Å². The molecular weight excluding hydrogens is 330 g/mol. The Morgan fingerprint density at radius 1 is 0.731 bits per heavy atom. The van der Waals surface area contributed by atoms with Gasteiger partial charge < -0.3 is 14.8 Å². The zero-order valence-corrected chi connectivity index (χ0v) is 17.5. The average Bonchev–Trinajstić information content (AvgIpc) is 2.61. The van der Waals surface area contributed by atoms with Crippen molar-refractivity contribution in [1.82, 2.24) is 5.32 Å². The molecule has 26 heavy (non-hydrogen) atoms. The lowest BCUT2D eigenvalue weighted by Crippen LogP contribution is -2.45. The first kappa shape index (κ1) is 24.7. The minimum Gasteiger partial charge on any atom is -0.464 e. The number of unbranched alkanes of at least 4 members (excludes halogenated alkanes) is 9. The Kier molecular flexibility index (Phi) is 16.3. The van der Waals surface area contributed by atoms with Gasteiger partial charge in [0.2, 0.25) is 0 Å². The summed E-state index contributed by atoms with van der Waals surface area (Å²) in [6, 6.07) is -0.650. The normalized spacial score (nSPS) is 12.0. The Labute approximate surface area is 160 Å². The second-order valence-corrected chi connectivity index (χ2v) is 7.35. The zero-order chi connectivity index (χ0) is 19.6. The quantitative estimate of drug-likeness (QED) is 0.283. The fourth-order valence-electron chi connectivity index (χ4n) is 2.71. The Bertz CT molecular complexity index is 358. The van der Waals surface area contributed by atoms with Gasteiger partial charge in [-0.15, -0.1) is 0 Å². The molecule has 0 rings (SSSR count). The highest BCUT2D eigenvalue weighted by Crippen LogP contribution is 2.11. The van der Waals surface area contributed by atoms with Crippen molar-refractivity contribution in [1.29, 1.82) is 0 Å². The third kappa shape index (κ3) is 14.0. The predicted molar refractivity (Wildman–Crippen MR) is 106 cm³/mol. The molecule has 1 atom stereocenters. The van der Waals surface area contributed by atoms with E-state index in [9.17, 15) is 9.59 Å². The number of carbonyl (C=O) groups excluding carboxylic acids is 2. The number of rotatable bonds is 16. The second-order valence-electron chi connectivity index (χ2n) is 7.35. The summed E-state index contributed by atoms with van der Waals surface area (Å²) in [7, 11) is 0. The molecule has 154 valence electrons. The lowest BCUT2D eigenvalue weighted by molar-refractivity contribution is -0.147. The highest BCUT2D eigenvalue weighted by molar-refractivity contribution is 5.81. The molecule has 0 fully saturated rings. The number of hydrogen-bond donors (Lipinski definition) is 1. The van der Waals surface area contributed by atoms with Gasteiger partial charge in [-0.05, 0) is 18.8 Å². The monoisotopic (exact) mass is 371 g/mol. The number of ether oxygens (including phenoxy) is 2. The molecule has 0 saturated heterocycles.